The van der Waals surface area contributed by atoms with Gasteiger partial charge in [-0.25, -0.2) is 23.6 Å². The molecule has 1 saturated heterocycles. The molecule has 3 aromatic rings. The van der Waals surface area contributed by atoms with Crippen molar-refractivity contribution < 1.29 is 18.4 Å². The summed E-state index contributed by atoms with van der Waals surface area (Å²) in [5, 5.41) is 6.18. The van der Waals surface area contributed by atoms with Gasteiger partial charge in [-0.1, -0.05) is 30.0 Å². The molecule has 1 aliphatic rings. The Hall–Kier alpha value is -4.32. The van der Waals surface area contributed by atoms with E-state index in [4.69, 9.17) is 0 Å². The lowest BCUT2D eigenvalue weighted by molar-refractivity contribution is -0.122. The summed E-state index contributed by atoms with van der Waals surface area (Å²) < 4.78 is 29.9. The third-order valence-corrected chi connectivity index (χ3v) is 5.56. The zero-order valence-corrected chi connectivity index (χ0v) is 17.7. The van der Waals surface area contributed by atoms with Crippen LogP contribution in [-0.4, -0.2) is 34.1 Å². The second kappa shape index (κ2) is 8.31. The number of urea groups is 1. The van der Waals surface area contributed by atoms with E-state index in [1.54, 1.807) is 31.2 Å². The molecule has 1 aliphatic heterocycles. The minimum atomic E-state index is -1.22. The molecule has 33 heavy (non-hydrogen) atoms. The molecule has 2 aromatic carbocycles. The Morgan fingerprint density at radius 2 is 1.61 bits per heavy atom. The van der Waals surface area contributed by atoms with Crippen molar-refractivity contribution >= 4 is 17.6 Å². The maximum atomic E-state index is 14.9. The molecule has 0 aliphatic carbocycles. The van der Waals surface area contributed by atoms with Gasteiger partial charge in [-0.05, 0) is 37.3 Å². The minimum absolute atomic E-state index is 0.0603. The Balaban J connectivity index is 1.68. The lowest BCUT2D eigenvalue weighted by atomic mass is 9.88. The first-order chi connectivity index (χ1) is 15.7. The minimum Gasteiger partial charge on any atom is -0.315 e. The molecule has 166 valence electrons. The standard InChI is InChI=1S/C24H18F2N4O3/c1-24(19-10-11-20(31)28-27-19)14-21(32)30(23(33)29(24)2)22-17(25)12-16(13-18(22)26)9-8-15-6-4-3-5-7-15/h3-7,10-13H,14H2,1-2H3,(H,28,31). The molecule has 1 fully saturated rings. The third-order valence-electron chi connectivity index (χ3n) is 5.56. The highest BCUT2D eigenvalue weighted by Gasteiger charge is 2.48. The number of imide groups is 1. The van der Waals surface area contributed by atoms with E-state index >= 15 is 0 Å². The predicted octanol–water partition coefficient (Wildman–Crippen LogP) is 3.15. The molecule has 1 atom stereocenters. The molecule has 0 spiro atoms. The molecule has 7 nitrogen and oxygen atoms in total. The van der Waals surface area contributed by atoms with E-state index in [0.717, 1.165) is 17.0 Å². The van der Waals surface area contributed by atoms with Gasteiger partial charge in [0.15, 0.2) is 11.6 Å². The van der Waals surface area contributed by atoms with Gasteiger partial charge in [0, 0.05) is 24.2 Å². The van der Waals surface area contributed by atoms with Crippen molar-refractivity contribution in [1.82, 2.24) is 15.1 Å². The maximum absolute atomic E-state index is 14.9. The van der Waals surface area contributed by atoms with Crippen LogP contribution in [0.2, 0.25) is 0 Å². The number of aromatic amines is 1. The molecule has 3 amide bonds. The predicted molar refractivity (Wildman–Crippen MR) is 116 cm³/mol. The second-order valence-electron chi connectivity index (χ2n) is 7.73. The summed E-state index contributed by atoms with van der Waals surface area (Å²) in [5.41, 5.74) is -1.44. The van der Waals surface area contributed by atoms with Crippen LogP contribution in [0.25, 0.3) is 0 Å². The number of hydrogen-bond acceptors (Lipinski definition) is 4. The molecule has 2 heterocycles. The van der Waals surface area contributed by atoms with E-state index in [9.17, 15) is 23.2 Å². The van der Waals surface area contributed by atoms with E-state index in [1.165, 1.54) is 19.2 Å². The first-order valence-corrected chi connectivity index (χ1v) is 9.94. The summed E-state index contributed by atoms with van der Waals surface area (Å²) in [6.07, 6.45) is -0.303. The molecule has 0 bridgehead atoms. The van der Waals surface area contributed by atoms with Crippen LogP contribution in [0.3, 0.4) is 0 Å². The first kappa shape index (κ1) is 21.9. The van der Waals surface area contributed by atoms with Crippen LogP contribution in [0.5, 0.6) is 0 Å². The second-order valence-corrected chi connectivity index (χ2v) is 7.73. The number of H-pyrrole nitrogens is 1. The number of halogens is 2. The topological polar surface area (TPSA) is 86.4 Å². The van der Waals surface area contributed by atoms with Crippen LogP contribution < -0.4 is 10.5 Å². The molecule has 1 aromatic heterocycles. The summed E-state index contributed by atoms with van der Waals surface area (Å²) in [6, 6.07) is 12.5. The number of carbonyl (C=O) groups excluding carboxylic acids is 2. The zero-order valence-electron chi connectivity index (χ0n) is 17.7. The fourth-order valence-electron chi connectivity index (χ4n) is 3.60. The van der Waals surface area contributed by atoms with Crippen LogP contribution >= 0.6 is 0 Å². The molecule has 0 saturated carbocycles. The van der Waals surface area contributed by atoms with Crippen LogP contribution in [0.4, 0.5) is 19.3 Å². The Kier molecular flexibility index (Phi) is 5.52. The fraction of sp³-hybridized carbons (Fsp3) is 0.167. The van der Waals surface area contributed by atoms with E-state index in [2.05, 4.69) is 22.0 Å². The Morgan fingerprint density at radius 3 is 2.21 bits per heavy atom. The van der Waals surface area contributed by atoms with Crippen molar-refractivity contribution in [3.05, 3.63) is 93.4 Å². The van der Waals surface area contributed by atoms with Crippen molar-refractivity contribution in [2.45, 2.75) is 18.9 Å². The third kappa shape index (κ3) is 3.99. The number of aromatic nitrogens is 2. The highest BCUT2D eigenvalue weighted by molar-refractivity contribution is 6.16. The zero-order chi connectivity index (χ0) is 23.8. The number of benzene rings is 2. The lowest BCUT2D eigenvalue weighted by Crippen LogP contribution is -2.60. The molecular weight excluding hydrogens is 430 g/mol. The van der Waals surface area contributed by atoms with Gasteiger partial charge in [-0.15, -0.1) is 0 Å². The van der Waals surface area contributed by atoms with Gasteiger partial charge in [-0.2, -0.15) is 5.10 Å². The van der Waals surface area contributed by atoms with Gasteiger partial charge >= 0.3 is 6.03 Å². The summed E-state index contributed by atoms with van der Waals surface area (Å²) in [5.74, 6) is 2.49. The van der Waals surface area contributed by atoms with Gasteiger partial charge in [0.1, 0.15) is 5.69 Å². The van der Waals surface area contributed by atoms with Gasteiger partial charge < -0.3 is 4.90 Å². The highest BCUT2D eigenvalue weighted by Crippen LogP contribution is 2.38. The van der Waals surface area contributed by atoms with E-state index in [0.29, 0.717) is 10.5 Å². The number of rotatable bonds is 2. The fourth-order valence-corrected chi connectivity index (χ4v) is 3.60. The van der Waals surface area contributed by atoms with Crippen LogP contribution in [0.1, 0.15) is 30.2 Å². The van der Waals surface area contributed by atoms with E-state index in [1.807, 2.05) is 6.07 Å². The number of amides is 3. The van der Waals surface area contributed by atoms with Crippen LogP contribution in [0.15, 0.2) is 59.4 Å². The summed E-state index contributed by atoms with van der Waals surface area (Å²) in [4.78, 5) is 38.9. The molecule has 1 N–H and O–H groups in total. The Labute approximate surface area is 187 Å². The highest BCUT2D eigenvalue weighted by atomic mass is 19.1. The normalized spacial score (nSPS) is 18.2. The van der Waals surface area contributed by atoms with Gasteiger partial charge in [0.05, 0.1) is 17.7 Å². The monoisotopic (exact) mass is 448 g/mol. The molecule has 0 radical (unpaired) electrons. The molecule has 9 heteroatoms. The van der Waals surface area contributed by atoms with Crippen LogP contribution in [-0.2, 0) is 10.3 Å². The van der Waals surface area contributed by atoms with Crippen molar-refractivity contribution in [2.75, 3.05) is 11.9 Å². The van der Waals surface area contributed by atoms with E-state index < -0.39 is 40.4 Å². The molecule has 4 rings (SSSR count). The molecular formula is C24H18F2N4O3. The lowest BCUT2D eigenvalue weighted by Gasteiger charge is -2.44. The average Bonchev–Trinajstić information content (AvgIpc) is 2.79. The molecule has 1 unspecified atom stereocenters. The van der Waals surface area contributed by atoms with Crippen molar-refractivity contribution in [1.29, 1.82) is 0 Å². The van der Waals surface area contributed by atoms with Crippen molar-refractivity contribution in [3.63, 3.8) is 0 Å². The number of carbonyl (C=O) groups is 2. The summed E-state index contributed by atoms with van der Waals surface area (Å²) in [6.45, 7) is 1.58. The summed E-state index contributed by atoms with van der Waals surface area (Å²) in [7, 11) is 1.39. The van der Waals surface area contributed by atoms with Gasteiger partial charge in [0.25, 0.3) is 5.56 Å². The number of nitrogens with one attached hydrogen (secondary N) is 1. The number of nitrogens with zero attached hydrogens (tertiary/aromatic N) is 3. The Bertz CT molecular complexity index is 1330. The van der Waals surface area contributed by atoms with Crippen molar-refractivity contribution in [2.24, 2.45) is 0 Å². The first-order valence-electron chi connectivity index (χ1n) is 9.94. The van der Waals surface area contributed by atoms with Gasteiger partial charge in [-0.3, -0.25) is 9.59 Å². The maximum Gasteiger partial charge on any atom is 0.332 e. The van der Waals surface area contributed by atoms with E-state index in [-0.39, 0.29) is 17.7 Å². The SMILES string of the molecule is CN1C(=O)N(c2c(F)cc(C#Cc3ccccc3)cc2F)C(=O)CC1(C)c1ccc(=O)[nH]n1. The smallest absolute Gasteiger partial charge is 0.315 e. The number of anilines is 1. The average molecular weight is 448 g/mol. The number of hydrogen-bond donors (Lipinski definition) is 1. The quantitative estimate of drug-likeness (QED) is 0.611. The Morgan fingerprint density at radius 1 is 0.970 bits per heavy atom. The largest absolute Gasteiger partial charge is 0.332 e. The van der Waals surface area contributed by atoms with Crippen molar-refractivity contribution in [3.8, 4) is 11.8 Å². The van der Waals surface area contributed by atoms with Crippen LogP contribution in [0, 0.1) is 23.5 Å². The van der Waals surface area contributed by atoms with Gasteiger partial charge in [0.2, 0.25) is 5.91 Å². The summed E-state index contributed by atoms with van der Waals surface area (Å²) >= 11 is 0.